The fourth-order valence-electron chi connectivity index (χ4n) is 2.77. The van der Waals surface area contributed by atoms with Crippen molar-refractivity contribution < 1.29 is 4.79 Å². The first-order valence-corrected chi connectivity index (χ1v) is 6.63. The second-order valence-corrected chi connectivity index (χ2v) is 5.10. The van der Waals surface area contributed by atoms with E-state index < -0.39 is 0 Å². The third kappa shape index (κ3) is 1.92. The summed E-state index contributed by atoms with van der Waals surface area (Å²) in [6.45, 7) is 5.51. The van der Waals surface area contributed by atoms with Gasteiger partial charge in [-0.3, -0.25) is 9.78 Å². The first-order valence-electron chi connectivity index (χ1n) is 6.63. The molecule has 0 fully saturated rings. The van der Waals surface area contributed by atoms with Crippen LogP contribution in [0.2, 0.25) is 0 Å². The van der Waals surface area contributed by atoms with Gasteiger partial charge in [-0.25, -0.2) is 0 Å². The molecule has 0 unspecified atom stereocenters. The van der Waals surface area contributed by atoms with E-state index in [0.717, 1.165) is 39.0 Å². The van der Waals surface area contributed by atoms with Crippen LogP contribution in [0.3, 0.4) is 0 Å². The largest absolute Gasteiger partial charge is 0.358 e. The van der Waals surface area contributed by atoms with Crippen LogP contribution in [0.1, 0.15) is 28.5 Å². The molecular formula is C17H16N2O. The van der Waals surface area contributed by atoms with Gasteiger partial charge in [0.1, 0.15) is 0 Å². The molecule has 3 aromatic rings. The van der Waals surface area contributed by atoms with Crippen molar-refractivity contribution in [3.05, 3.63) is 53.3 Å². The SMILES string of the molecule is CC(=O)c1c(C)[nH]c(-c2cnc3ccccc3c2)c1C. The average molecular weight is 264 g/mol. The van der Waals surface area contributed by atoms with Gasteiger partial charge in [0.05, 0.1) is 11.2 Å². The van der Waals surface area contributed by atoms with E-state index in [1.165, 1.54) is 0 Å². The standard InChI is InChI=1S/C17H16N2O/c1-10-16(12(3)20)11(2)19-17(10)14-8-13-6-4-5-7-15(13)18-9-14/h4-9,19H,1-3H3. The minimum atomic E-state index is 0.0937. The van der Waals surface area contributed by atoms with Crippen LogP contribution < -0.4 is 0 Å². The predicted molar refractivity (Wildman–Crippen MR) is 81.0 cm³/mol. The zero-order chi connectivity index (χ0) is 14.3. The molecule has 100 valence electrons. The van der Waals surface area contributed by atoms with Crippen LogP contribution in [0, 0.1) is 13.8 Å². The Morgan fingerprint density at radius 1 is 1.20 bits per heavy atom. The highest BCUT2D eigenvalue weighted by Gasteiger charge is 2.16. The minimum absolute atomic E-state index is 0.0937. The molecule has 0 radical (unpaired) electrons. The number of Topliss-reactive ketones (excluding diaryl/α,β-unsaturated/α-hetero) is 1. The van der Waals surface area contributed by atoms with Crippen molar-refractivity contribution in [3.8, 4) is 11.3 Å². The van der Waals surface area contributed by atoms with E-state index >= 15 is 0 Å². The van der Waals surface area contributed by atoms with Crippen molar-refractivity contribution in [2.75, 3.05) is 0 Å². The van der Waals surface area contributed by atoms with Gasteiger partial charge in [-0.2, -0.15) is 0 Å². The van der Waals surface area contributed by atoms with Crippen molar-refractivity contribution in [2.24, 2.45) is 0 Å². The Morgan fingerprint density at radius 2 is 1.95 bits per heavy atom. The molecule has 0 bridgehead atoms. The monoisotopic (exact) mass is 264 g/mol. The third-order valence-corrected chi connectivity index (χ3v) is 3.67. The van der Waals surface area contributed by atoms with E-state index in [9.17, 15) is 4.79 Å². The number of aromatic nitrogens is 2. The van der Waals surface area contributed by atoms with E-state index in [0.29, 0.717) is 0 Å². The van der Waals surface area contributed by atoms with Crippen LogP contribution in [0.15, 0.2) is 36.5 Å². The number of pyridine rings is 1. The normalized spacial score (nSPS) is 10.9. The number of carbonyl (C=O) groups is 1. The molecule has 0 aliphatic heterocycles. The second kappa shape index (κ2) is 4.60. The van der Waals surface area contributed by atoms with Crippen molar-refractivity contribution >= 4 is 16.7 Å². The topological polar surface area (TPSA) is 45.8 Å². The molecule has 3 rings (SSSR count). The zero-order valence-corrected chi connectivity index (χ0v) is 11.8. The minimum Gasteiger partial charge on any atom is -0.358 e. The maximum Gasteiger partial charge on any atom is 0.161 e. The fourth-order valence-corrected chi connectivity index (χ4v) is 2.77. The molecule has 3 heteroatoms. The van der Waals surface area contributed by atoms with Gasteiger partial charge in [-0.05, 0) is 38.5 Å². The maximum atomic E-state index is 11.7. The number of aryl methyl sites for hydroxylation is 1. The summed E-state index contributed by atoms with van der Waals surface area (Å²) in [5.74, 6) is 0.0937. The highest BCUT2D eigenvalue weighted by atomic mass is 16.1. The first-order chi connectivity index (χ1) is 9.58. The third-order valence-electron chi connectivity index (χ3n) is 3.67. The number of ketones is 1. The first kappa shape index (κ1) is 12.6. The Hall–Kier alpha value is -2.42. The number of aromatic amines is 1. The number of H-pyrrole nitrogens is 1. The van der Waals surface area contributed by atoms with E-state index in [1.54, 1.807) is 6.92 Å². The summed E-state index contributed by atoms with van der Waals surface area (Å²) in [7, 11) is 0. The summed E-state index contributed by atoms with van der Waals surface area (Å²) in [5.41, 5.74) is 5.66. The lowest BCUT2D eigenvalue weighted by Gasteiger charge is -2.03. The fraction of sp³-hybridized carbons (Fsp3) is 0.176. The molecule has 0 aliphatic carbocycles. The molecule has 0 aliphatic rings. The van der Waals surface area contributed by atoms with Crippen molar-refractivity contribution in [1.82, 2.24) is 9.97 Å². The lowest BCUT2D eigenvalue weighted by molar-refractivity contribution is 0.101. The summed E-state index contributed by atoms with van der Waals surface area (Å²) in [4.78, 5) is 19.5. The zero-order valence-electron chi connectivity index (χ0n) is 11.8. The van der Waals surface area contributed by atoms with Crippen LogP contribution in [-0.4, -0.2) is 15.8 Å². The summed E-state index contributed by atoms with van der Waals surface area (Å²) >= 11 is 0. The van der Waals surface area contributed by atoms with Gasteiger partial charge in [0.2, 0.25) is 0 Å². The summed E-state index contributed by atoms with van der Waals surface area (Å²) in [5, 5.41) is 1.10. The molecule has 0 saturated heterocycles. The molecule has 1 N–H and O–H groups in total. The van der Waals surface area contributed by atoms with Crippen LogP contribution in [0.5, 0.6) is 0 Å². The van der Waals surface area contributed by atoms with Gasteiger partial charge in [-0.1, -0.05) is 18.2 Å². The van der Waals surface area contributed by atoms with Crippen LogP contribution in [-0.2, 0) is 0 Å². The molecule has 0 spiro atoms. The van der Waals surface area contributed by atoms with E-state index in [4.69, 9.17) is 0 Å². The molecule has 2 aromatic heterocycles. The quantitative estimate of drug-likeness (QED) is 0.710. The number of fused-ring (bicyclic) bond motifs is 1. The number of nitrogens with one attached hydrogen (secondary N) is 1. The Kier molecular flexibility index (Phi) is 2.90. The number of nitrogens with zero attached hydrogens (tertiary/aromatic N) is 1. The highest BCUT2D eigenvalue weighted by molar-refractivity contribution is 5.99. The molecule has 1 aromatic carbocycles. The molecule has 0 amide bonds. The maximum absolute atomic E-state index is 11.7. The van der Waals surface area contributed by atoms with Gasteiger partial charge in [0.25, 0.3) is 0 Å². The lowest BCUT2D eigenvalue weighted by atomic mass is 10.0. The predicted octanol–water partition coefficient (Wildman–Crippen LogP) is 4.05. The van der Waals surface area contributed by atoms with Crippen LogP contribution >= 0.6 is 0 Å². The molecule has 20 heavy (non-hydrogen) atoms. The molecule has 2 heterocycles. The van der Waals surface area contributed by atoms with Gasteiger partial charge in [0, 0.05) is 28.4 Å². The summed E-state index contributed by atoms with van der Waals surface area (Å²) in [6, 6.07) is 10.1. The van der Waals surface area contributed by atoms with Crippen molar-refractivity contribution in [2.45, 2.75) is 20.8 Å². The number of hydrogen-bond donors (Lipinski definition) is 1. The molecule has 3 nitrogen and oxygen atoms in total. The lowest BCUT2D eigenvalue weighted by Crippen LogP contribution is -1.94. The van der Waals surface area contributed by atoms with E-state index in [1.807, 2.05) is 44.3 Å². The number of benzene rings is 1. The Bertz CT molecular complexity index is 815. The van der Waals surface area contributed by atoms with Gasteiger partial charge < -0.3 is 4.98 Å². The molecular weight excluding hydrogens is 248 g/mol. The molecule has 0 saturated carbocycles. The van der Waals surface area contributed by atoms with Crippen LogP contribution in [0.25, 0.3) is 22.2 Å². The van der Waals surface area contributed by atoms with Gasteiger partial charge in [-0.15, -0.1) is 0 Å². The van der Waals surface area contributed by atoms with Crippen molar-refractivity contribution in [3.63, 3.8) is 0 Å². The van der Waals surface area contributed by atoms with Gasteiger partial charge >= 0.3 is 0 Å². The number of rotatable bonds is 2. The van der Waals surface area contributed by atoms with E-state index in [-0.39, 0.29) is 5.78 Å². The summed E-state index contributed by atoms with van der Waals surface area (Å²) < 4.78 is 0. The smallest absolute Gasteiger partial charge is 0.161 e. The number of carbonyl (C=O) groups excluding carboxylic acids is 1. The van der Waals surface area contributed by atoms with Crippen molar-refractivity contribution in [1.29, 1.82) is 0 Å². The number of hydrogen-bond acceptors (Lipinski definition) is 2. The number of para-hydroxylation sites is 1. The summed E-state index contributed by atoms with van der Waals surface area (Å²) in [6.07, 6.45) is 1.85. The Labute approximate surface area is 117 Å². The van der Waals surface area contributed by atoms with Gasteiger partial charge in [0.15, 0.2) is 5.78 Å². The molecule has 0 atom stereocenters. The Balaban J connectivity index is 2.21. The average Bonchev–Trinajstić information content (AvgIpc) is 2.73. The second-order valence-electron chi connectivity index (χ2n) is 5.10. The highest BCUT2D eigenvalue weighted by Crippen LogP contribution is 2.29. The van der Waals surface area contributed by atoms with E-state index in [2.05, 4.69) is 16.0 Å². The van der Waals surface area contributed by atoms with Crippen LogP contribution in [0.4, 0.5) is 0 Å². The Morgan fingerprint density at radius 3 is 2.65 bits per heavy atom.